The molecule has 1 aliphatic rings. The Morgan fingerprint density at radius 1 is 0.808 bits per heavy atom. The molecule has 0 radical (unpaired) electrons. The summed E-state index contributed by atoms with van der Waals surface area (Å²) in [6.07, 6.45) is 0. The molecule has 2 aromatic rings. The van der Waals surface area contributed by atoms with Gasteiger partial charge in [-0.1, -0.05) is 0 Å². The quantitative estimate of drug-likeness (QED) is 0.642. The second-order valence-electron chi connectivity index (χ2n) is 7.80. The molecule has 1 N–H and O–H groups in total. The molecule has 26 heavy (non-hydrogen) atoms. The maximum atomic E-state index is 9.33. The molecule has 0 atom stereocenters. The summed E-state index contributed by atoms with van der Waals surface area (Å²) < 4.78 is 12.4. The van der Waals surface area contributed by atoms with Crippen LogP contribution in [0.25, 0.3) is 0 Å². The fourth-order valence-corrected chi connectivity index (χ4v) is 2.98. The van der Waals surface area contributed by atoms with E-state index in [2.05, 4.69) is 37.9 Å². The Hall–Kier alpha value is -2.18. The standard InChI is InChI=1S/C20H25BN2O3/c1-13-11-16(23-22-15-7-9-17(24)10-8-15)12-14(2)18(13)21-25-19(3,4)20(5,6)26-21/h7-12,24H,1-6H3. The predicted molar refractivity (Wildman–Crippen MR) is 104 cm³/mol. The lowest BCUT2D eigenvalue weighted by molar-refractivity contribution is 0.00578. The zero-order chi connectivity index (χ0) is 19.1. The molecule has 0 aliphatic carbocycles. The fraction of sp³-hybridized carbons (Fsp3) is 0.400. The van der Waals surface area contributed by atoms with Crippen LogP contribution in [-0.2, 0) is 9.31 Å². The zero-order valence-corrected chi connectivity index (χ0v) is 16.2. The van der Waals surface area contributed by atoms with Gasteiger partial charge in [0.2, 0.25) is 0 Å². The highest BCUT2D eigenvalue weighted by atomic mass is 16.7. The van der Waals surface area contributed by atoms with Gasteiger partial charge in [0, 0.05) is 0 Å². The molecule has 0 aromatic heterocycles. The molecule has 0 saturated carbocycles. The molecule has 0 unspecified atom stereocenters. The number of aromatic hydroxyl groups is 1. The van der Waals surface area contributed by atoms with Gasteiger partial charge in [-0.3, -0.25) is 0 Å². The molecule has 1 fully saturated rings. The monoisotopic (exact) mass is 352 g/mol. The van der Waals surface area contributed by atoms with E-state index in [0.717, 1.165) is 22.3 Å². The molecule has 136 valence electrons. The van der Waals surface area contributed by atoms with Crippen molar-refractivity contribution >= 4 is 24.0 Å². The first-order chi connectivity index (χ1) is 12.1. The zero-order valence-electron chi connectivity index (χ0n) is 16.2. The molecule has 0 bridgehead atoms. The largest absolute Gasteiger partial charge is 0.508 e. The van der Waals surface area contributed by atoms with Crippen molar-refractivity contribution in [2.45, 2.75) is 52.7 Å². The van der Waals surface area contributed by atoms with E-state index >= 15 is 0 Å². The summed E-state index contributed by atoms with van der Waals surface area (Å²) in [6, 6.07) is 10.6. The Kier molecular flexibility index (Phi) is 4.67. The van der Waals surface area contributed by atoms with Crippen LogP contribution in [0.3, 0.4) is 0 Å². The van der Waals surface area contributed by atoms with Gasteiger partial charge in [0.15, 0.2) is 0 Å². The lowest BCUT2D eigenvalue weighted by Crippen LogP contribution is -2.41. The summed E-state index contributed by atoms with van der Waals surface area (Å²) in [7, 11) is -0.386. The van der Waals surface area contributed by atoms with Crippen LogP contribution in [0.2, 0.25) is 0 Å². The van der Waals surface area contributed by atoms with Crippen LogP contribution in [0, 0.1) is 13.8 Å². The number of phenols is 1. The molecule has 0 spiro atoms. The van der Waals surface area contributed by atoms with Gasteiger partial charge in [-0.15, -0.1) is 0 Å². The second-order valence-corrected chi connectivity index (χ2v) is 7.80. The van der Waals surface area contributed by atoms with Crippen LogP contribution in [0.15, 0.2) is 46.6 Å². The van der Waals surface area contributed by atoms with Crippen molar-refractivity contribution in [2.75, 3.05) is 0 Å². The number of azo groups is 1. The van der Waals surface area contributed by atoms with Gasteiger partial charge < -0.3 is 14.4 Å². The van der Waals surface area contributed by atoms with Gasteiger partial charge in [0.25, 0.3) is 0 Å². The first-order valence-corrected chi connectivity index (χ1v) is 8.77. The first-order valence-electron chi connectivity index (χ1n) is 8.77. The summed E-state index contributed by atoms with van der Waals surface area (Å²) >= 11 is 0. The van der Waals surface area contributed by atoms with Crippen molar-refractivity contribution in [3.63, 3.8) is 0 Å². The van der Waals surface area contributed by atoms with E-state index < -0.39 is 0 Å². The minimum atomic E-state index is -0.386. The molecule has 1 aliphatic heterocycles. The third-order valence-corrected chi connectivity index (χ3v) is 5.20. The average molecular weight is 352 g/mol. The Balaban J connectivity index is 1.86. The van der Waals surface area contributed by atoms with Crippen molar-refractivity contribution in [3.05, 3.63) is 47.5 Å². The number of hydrogen-bond donors (Lipinski definition) is 1. The third kappa shape index (κ3) is 3.52. The van der Waals surface area contributed by atoms with Crippen molar-refractivity contribution < 1.29 is 14.4 Å². The highest BCUT2D eigenvalue weighted by molar-refractivity contribution is 6.63. The highest BCUT2D eigenvalue weighted by Gasteiger charge is 2.52. The van der Waals surface area contributed by atoms with Gasteiger partial charge in [-0.05, 0) is 94.5 Å². The topological polar surface area (TPSA) is 63.4 Å². The maximum Gasteiger partial charge on any atom is 0.495 e. The molecule has 2 aromatic carbocycles. The van der Waals surface area contributed by atoms with Gasteiger partial charge in [0.05, 0.1) is 22.6 Å². The summed E-state index contributed by atoms with van der Waals surface area (Å²) in [5.74, 6) is 0.211. The number of phenolic OH excluding ortho intramolecular Hbond substituents is 1. The lowest BCUT2D eigenvalue weighted by Gasteiger charge is -2.32. The molecule has 6 heteroatoms. The van der Waals surface area contributed by atoms with Crippen LogP contribution in [0.4, 0.5) is 11.4 Å². The Bertz CT molecular complexity index is 806. The number of benzene rings is 2. The SMILES string of the molecule is Cc1cc(N=Nc2ccc(O)cc2)cc(C)c1B1OC(C)(C)C(C)(C)O1. The summed E-state index contributed by atoms with van der Waals surface area (Å²) in [4.78, 5) is 0. The number of aryl methyl sites for hydroxylation is 2. The molecule has 5 nitrogen and oxygen atoms in total. The van der Waals surface area contributed by atoms with Gasteiger partial charge >= 0.3 is 7.12 Å². The predicted octanol–water partition coefficient (Wildman–Crippen LogP) is 4.72. The van der Waals surface area contributed by atoms with Gasteiger partial charge in [0.1, 0.15) is 5.75 Å². The third-order valence-electron chi connectivity index (χ3n) is 5.20. The van der Waals surface area contributed by atoms with Crippen molar-refractivity contribution in [3.8, 4) is 5.75 Å². The summed E-state index contributed by atoms with van der Waals surface area (Å²) in [5, 5.41) is 17.9. The smallest absolute Gasteiger partial charge is 0.495 e. The van der Waals surface area contributed by atoms with Crippen LogP contribution in [-0.4, -0.2) is 23.4 Å². The van der Waals surface area contributed by atoms with E-state index in [-0.39, 0.29) is 24.1 Å². The fourth-order valence-electron chi connectivity index (χ4n) is 2.98. The van der Waals surface area contributed by atoms with Gasteiger partial charge in [-0.25, -0.2) is 0 Å². The normalized spacial score (nSPS) is 18.6. The minimum absolute atomic E-state index is 0.211. The molecular formula is C20H25BN2O3. The summed E-state index contributed by atoms with van der Waals surface area (Å²) in [5.41, 5.74) is 3.89. The molecule has 3 rings (SSSR count). The Morgan fingerprint density at radius 3 is 1.77 bits per heavy atom. The highest BCUT2D eigenvalue weighted by Crippen LogP contribution is 2.37. The average Bonchev–Trinajstić information content (AvgIpc) is 2.73. The second kappa shape index (κ2) is 6.52. The molecule has 1 saturated heterocycles. The van der Waals surface area contributed by atoms with Crippen molar-refractivity contribution in [2.24, 2.45) is 10.2 Å². The molecule has 1 heterocycles. The summed E-state index contributed by atoms with van der Waals surface area (Å²) in [6.45, 7) is 12.3. The van der Waals surface area contributed by atoms with Crippen molar-refractivity contribution in [1.29, 1.82) is 0 Å². The number of rotatable bonds is 3. The van der Waals surface area contributed by atoms with E-state index in [1.165, 1.54) is 0 Å². The van der Waals surface area contributed by atoms with E-state index in [9.17, 15) is 5.11 Å². The van der Waals surface area contributed by atoms with Crippen LogP contribution in [0.5, 0.6) is 5.75 Å². The molecular weight excluding hydrogens is 327 g/mol. The van der Waals surface area contributed by atoms with E-state index in [1.807, 2.05) is 26.0 Å². The Labute approximate surface area is 155 Å². The first kappa shape index (κ1) is 18.6. The van der Waals surface area contributed by atoms with E-state index in [1.54, 1.807) is 24.3 Å². The minimum Gasteiger partial charge on any atom is -0.508 e. The van der Waals surface area contributed by atoms with Crippen LogP contribution < -0.4 is 5.46 Å². The van der Waals surface area contributed by atoms with E-state index in [0.29, 0.717) is 5.69 Å². The van der Waals surface area contributed by atoms with Crippen molar-refractivity contribution in [1.82, 2.24) is 0 Å². The van der Waals surface area contributed by atoms with Crippen LogP contribution >= 0.6 is 0 Å². The van der Waals surface area contributed by atoms with Crippen LogP contribution in [0.1, 0.15) is 38.8 Å². The number of hydrogen-bond acceptors (Lipinski definition) is 5. The lowest BCUT2D eigenvalue weighted by atomic mass is 9.73. The Morgan fingerprint density at radius 2 is 1.27 bits per heavy atom. The maximum absolute atomic E-state index is 9.33. The van der Waals surface area contributed by atoms with E-state index in [4.69, 9.17) is 9.31 Å². The molecule has 0 amide bonds. The number of nitrogens with zero attached hydrogens (tertiary/aromatic N) is 2. The van der Waals surface area contributed by atoms with Gasteiger partial charge in [-0.2, -0.15) is 10.2 Å².